The van der Waals surface area contributed by atoms with E-state index in [1.165, 1.54) is 4.90 Å². The van der Waals surface area contributed by atoms with Crippen molar-refractivity contribution < 1.29 is 14.3 Å². The zero-order valence-corrected chi connectivity index (χ0v) is 10.9. The largest absolute Gasteiger partial charge is 0.473 e. The van der Waals surface area contributed by atoms with Gasteiger partial charge in [0.15, 0.2) is 13.5 Å². The molecular formula is C15H16N2O3. The lowest BCUT2D eigenvalue weighted by Crippen LogP contribution is -2.41. The summed E-state index contributed by atoms with van der Waals surface area (Å²) in [7, 11) is 0. The van der Waals surface area contributed by atoms with Crippen molar-refractivity contribution in [1.29, 1.82) is 0 Å². The maximum Gasteiger partial charge on any atom is 0.320 e. The van der Waals surface area contributed by atoms with E-state index in [9.17, 15) is 4.79 Å². The fraction of sp³-hybridized carbons (Fsp3) is 0.133. The second-order valence-electron chi connectivity index (χ2n) is 4.05. The summed E-state index contributed by atoms with van der Waals surface area (Å²) in [6, 6.07) is 17.8. The van der Waals surface area contributed by atoms with Crippen molar-refractivity contribution in [2.24, 2.45) is 5.73 Å². The van der Waals surface area contributed by atoms with Gasteiger partial charge in [0.05, 0.1) is 0 Å². The molecule has 2 aromatic rings. The van der Waals surface area contributed by atoms with E-state index < -0.39 is 6.03 Å². The molecule has 0 spiro atoms. The maximum atomic E-state index is 11.3. The number of benzene rings is 2. The van der Waals surface area contributed by atoms with Crippen LogP contribution in [0, 0.1) is 0 Å². The molecule has 0 fully saturated rings. The summed E-state index contributed by atoms with van der Waals surface area (Å²) in [5.74, 6) is 1.33. The molecule has 104 valence electrons. The SMILES string of the molecule is NC(=O)N(COc1ccccc1)COc1ccccc1. The standard InChI is InChI=1S/C15H16N2O3/c16-15(18)17(11-19-13-7-3-1-4-8-13)12-20-14-9-5-2-6-10-14/h1-10H,11-12H2,(H2,16,18). The Morgan fingerprint density at radius 1 is 0.850 bits per heavy atom. The topological polar surface area (TPSA) is 64.8 Å². The van der Waals surface area contributed by atoms with Crippen LogP contribution in [0.5, 0.6) is 11.5 Å². The first kappa shape index (κ1) is 13.7. The molecule has 0 atom stereocenters. The average Bonchev–Trinajstić information content (AvgIpc) is 2.49. The van der Waals surface area contributed by atoms with Gasteiger partial charge >= 0.3 is 6.03 Å². The molecule has 0 aliphatic carbocycles. The zero-order valence-electron chi connectivity index (χ0n) is 10.9. The molecule has 0 radical (unpaired) electrons. The third-order valence-corrected chi connectivity index (χ3v) is 2.57. The van der Waals surface area contributed by atoms with Crippen LogP contribution in [0.4, 0.5) is 4.79 Å². The van der Waals surface area contributed by atoms with Gasteiger partial charge in [-0.2, -0.15) is 0 Å². The predicted octanol–water partition coefficient (Wildman–Crippen LogP) is 2.44. The molecule has 2 aromatic carbocycles. The minimum Gasteiger partial charge on any atom is -0.473 e. The van der Waals surface area contributed by atoms with Crippen LogP contribution in [0.3, 0.4) is 0 Å². The van der Waals surface area contributed by atoms with Crippen molar-refractivity contribution in [2.75, 3.05) is 13.5 Å². The van der Waals surface area contributed by atoms with Gasteiger partial charge in [0.1, 0.15) is 11.5 Å². The highest BCUT2D eigenvalue weighted by atomic mass is 16.5. The molecule has 20 heavy (non-hydrogen) atoms. The monoisotopic (exact) mass is 272 g/mol. The van der Waals surface area contributed by atoms with E-state index in [4.69, 9.17) is 15.2 Å². The lowest BCUT2D eigenvalue weighted by Gasteiger charge is -2.20. The van der Waals surface area contributed by atoms with Crippen LogP contribution in [0.1, 0.15) is 0 Å². The summed E-state index contributed by atoms with van der Waals surface area (Å²) in [5.41, 5.74) is 5.29. The van der Waals surface area contributed by atoms with E-state index in [1.54, 1.807) is 24.3 Å². The van der Waals surface area contributed by atoms with Gasteiger partial charge in [0, 0.05) is 0 Å². The van der Waals surface area contributed by atoms with Gasteiger partial charge in [-0.25, -0.2) is 4.79 Å². The van der Waals surface area contributed by atoms with E-state index in [-0.39, 0.29) is 13.5 Å². The van der Waals surface area contributed by atoms with Crippen LogP contribution in [-0.4, -0.2) is 24.4 Å². The summed E-state index contributed by atoms with van der Waals surface area (Å²) in [4.78, 5) is 12.6. The quantitative estimate of drug-likeness (QED) is 0.821. The fourth-order valence-electron chi connectivity index (χ4n) is 1.50. The van der Waals surface area contributed by atoms with E-state index in [1.807, 2.05) is 36.4 Å². The normalized spacial score (nSPS) is 9.80. The average molecular weight is 272 g/mol. The molecule has 0 bridgehead atoms. The minimum absolute atomic E-state index is 0.0339. The van der Waals surface area contributed by atoms with Crippen LogP contribution < -0.4 is 15.2 Å². The molecule has 0 heterocycles. The first-order valence-electron chi connectivity index (χ1n) is 6.16. The first-order chi connectivity index (χ1) is 9.75. The molecule has 0 aromatic heterocycles. The first-order valence-corrected chi connectivity index (χ1v) is 6.16. The van der Waals surface area contributed by atoms with Crippen LogP contribution in [-0.2, 0) is 0 Å². The number of para-hydroxylation sites is 2. The number of nitrogens with zero attached hydrogens (tertiary/aromatic N) is 1. The Hall–Kier alpha value is -2.69. The van der Waals surface area contributed by atoms with E-state index in [0.29, 0.717) is 11.5 Å². The maximum absolute atomic E-state index is 11.3. The number of rotatable bonds is 6. The number of carbonyl (C=O) groups excluding carboxylic acids is 1. The minimum atomic E-state index is -0.600. The van der Waals surface area contributed by atoms with E-state index >= 15 is 0 Å². The van der Waals surface area contributed by atoms with Crippen LogP contribution in [0.15, 0.2) is 60.7 Å². The highest BCUT2D eigenvalue weighted by Gasteiger charge is 2.10. The highest BCUT2D eigenvalue weighted by molar-refractivity contribution is 5.71. The fourth-order valence-corrected chi connectivity index (χ4v) is 1.50. The lowest BCUT2D eigenvalue weighted by atomic mass is 10.3. The second kappa shape index (κ2) is 7.04. The van der Waals surface area contributed by atoms with E-state index in [0.717, 1.165) is 0 Å². The van der Waals surface area contributed by atoms with Crippen LogP contribution in [0.2, 0.25) is 0 Å². The molecule has 2 amide bonds. The molecule has 0 aliphatic heterocycles. The number of ether oxygens (including phenoxy) is 2. The Morgan fingerprint density at radius 2 is 1.25 bits per heavy atom. The summed E-state index contributed by atoms with van der Waals surface area (Å²) in [6.45, 7) is 0.0678. The molecule has 0 aliphatic rings. The Labute approximate surface area is 117 Å². The summed E-state index contributed by atoms with van der Waals surface area (Å²) >= 11 is 0. The Kier molecular flexibility index (Phi) is 4.83. The van der Waals surface area contributed by atoms with Crippen molar-refractivity contribution >= 4 is 6.03 Å². The van der Waals surface area contributed by atoms with Crippen LogP contribution >= 0.6 is 0 Å². The zero-order chi connectivity index (χ0) is 14.2. The summed E-state index contributed by atoms with van der Waals surface area (Å²) in [6.07, 6.45) is 0. The molecule has 5 heteroatoms. The van der Waals surface area contributed by atoms with Gasteiger partial charge in [-0.15, -0.1) is 0 Å². The Bertz CT molecular complexity index is 488. The molecule has 2 rings (SSSR count). The number of hydrogen-bond acceptors (Lipinski definition) is 3. The molecular weight excluding hydrogens is 256 g/mol. The third kappa shape index (κ3) is 4.20. The molecule has 0 unspecified atom stereocenters. The van der Waals surface area contributed by atoms with Gasteiger partial charge in [-0.3, -0.25) is 4.90 Å². The third-order valence-electron chi connectivity index (χ3n) is 2.57. The number of primary amides is 1. The van der Waals surface area contributed by atoms with Crippen molar-refractivity contribution in [3.63, 3.8) is 0 Å². The Balaban J connectivity index is 1.86. The van der Waals surface area contributed by atoms with Crippen molar-refractivity contribution in [3.05, 3.63) is 60.7 Å². The molecule has 0 saturated heterocycles. The van der Waals surface area contributed by atoms with Crippen LogP contribution in [0.25, 0.3) is 0 Å². The highest BCUT2D eigenvalue weighted by Crippen LogP contribution is 2.11. The molecule has 5 nitrogen and oxygen atoms in total. The summed E-state index contributed by atoms with van der Waals surface area (Å²) < 4.78 is 10.9. The van der Waals surface area contributed by atoms with Crippen molar-refractivity contribution in [1.82, 2.24) is 4.90 Å². The van der Waals surface area contributed by atoms with Gasteiger partial charge in [-0.1, -0.05) is 36.4 Å². The van der Waals surface area contributed by atoms with Gasteiger partial charge < -0.3 is 15.2 Å². The number of urea groups is 1. The van der Waals surface area contributed by atoms with Gasteiger partial charge in [0.2, 0.25) is 0 Å². The van der Waals surface area contributed by atoms with Gasteiger partial charge in [0.25, 0.3) is 0 Å². The number of nitrogens with two attached hydrogens (primary N) is 1. The van der Waals surface area contributed by atoms with Crippen molar-refractivity contribution in [3.8, 4) is 11.5 Å². The lowest BCUT2D eigenvalue weighted by molar-refractivity contribution is 0.0827. The molecule has 0 saturated carbocycles. The summed E-state index contributed by atoms with van der Waals surface area (Å²) in [5, 5.41) is 0. The molecule has 2 N–H and O–H groups in total. The second-order valence-corrected chi connectivity index (χ2v) is 4.05. The number of carbonyl (C=O) groups is 1. The predicted molar refractivity (Wildman–Crippen MR) is 75.3 cm³/mol. The number of amides is 2. The smallest absolute Gasteiger partial charge is 0.320 e. The van der Waals surface area contributed by atoms with E-state index in [2.05, 4.69) is 0 Å². The van der Waals surface area contributed by atoms with Crippen molar-refractivity contribution in [2.45, 2.75) is 0 Å². The Morgan fingerprint density at radius 3 is 1.60 bits per heavy atom. The van der Waals surface area contributed by atoms with Gasteiger partial charge in [-0.05, 0) is 24.3 Å². The number of hydrogen-bond donors (Lipinski definition) is 1.